The summed E-state index contributed by atoms with van der Waals surface area (Å²) >= 11 is 0. The summed E-state index contributed by atoms with van der Waals surface area (Å²) in [7, 11) is 1.67. The Morgan fingerprint density at radius 2 is 1.96 bits per heavy atom. The lowest BCUT2D eigenvalue weighted by Gasteiger charge is -2.29. The molecule has 1 aliphatic heterocycles. The molecule has 0 saturated carbocycles. The van der Waals surface area contributed by atoms with E-state index in [0.717, 1.165) is 24.4 Å². The van der Waals surface area contributed by atoms with E-state index in [1.165, 1.54) is 24.9 Å². The van der Waals surface area contributed by atoms with Gasteiger partial charge in [0.1, 0.15) is 5.75 Å². The van der Waals surface area contributed by atoms with E-state index < -0.39 is 0 Å². The molecule has 3 rings (SSSR count). The van der Waals surface area contributed by atoms with E-state index in [0.29, 0.717) is 17.9 Å². The number of hydrogen-bond donors (Lipinski definition) is 0. The monoisotopic (exact) mass is 366 g/mol. The minimum absolute atomic E-state index is 0.335. The summed E-state index contributed by atoms with van der Waals surface area (Å²) in [6, 6.07) is 13.3. The molecule has 0 spiro atoms. The fraction of sp³-hybridized carbons (Fsp3) is 0.364. The third-order valence-corrected chi connectivity index (χ3v) is 4.65. The van der Waals surface area contributed by atoms with Crippen molar-refractivity contribution in [3.8, 4) is 5.75 Å². The van der Waals surface area contributed by atoms with Gasteiger partial charge in [-0.05, 0) is 56.5 Å². The minimum atomic E-state index is -0.335. The largest absolute Gasteiger partial charge is 0.496 e. The number of ether oxygens (including phenoxy) is 2. The molecule has 0 N–H and O–H groups in total. The fourth-order valence-corrected chi connectivity index (χ4v) is 3.23. The molecule has 5 nitrogen and oxygen atoms in total. The van der Waals surface area contributed by atoms with Gasteiger partial charge in [-0.1, -0.05) is 6.07 Å². The quantitative estimate of drug-likeness (QED) is 0.553. The van der Waals surface area contributed by atoms with Crippen LogP contribution in [0.1, 0.15) is 42.1 Å². The SMILES string of the molecule is CCOC(=O)c1cccc(N=Cc2ccc(N3CCCCC3)cc2OC)c1. The predicted octanol–water partition coefficient (Wildman–Crippen LogP) is 4.61. The Bertz CT molecular complexity index is 811. The molecular formula is C22H26N2O3. The summed E-state index contributed by atoms with van der Waals surface area (Å²) < 4.78 is 10.6. The number of methoxy groups -OCH3 is 1. The highest BCUT2D eigenvalue weighted by Crippen LogP contribution is 2.27. The smallest absolute Gasteiger partial charge is 0.338 e. The number of anilines is 1. The van der Waals surface area contributed by atoms with Gasteiger partial charge in [-0.15, -0.1) is 0 Å². The van der Waals surface area contributed by atoms with Crippen molar-refractivity contribution in [1.29, 1.82) is 0 Å². The van der Waals surface area contributed by atoms with Crippen molar-refractivity contribution < 1.29 is 14.3 Å². The molecule has 0 aromatic heterocycles. The summed E-state index contributed by atoms with van der Waals surface area (Å²) in [4.78, 5) is 18.8. The topological polar surface area (TPSA) is 51.1 Å². The molecule has 2 aromatic rings. The number of carbonyl (C=O) groups is 1. The molecule has 27 heavy (non-hydrogen) atoms. The van der Waals surface area contributed by atoms with E-state index in [-0.39, 0.29) is 5.97 Å². The van der Waals surface area contributed by atoms with Crippen LogP contribution >= 0.6 is 0 Å². The number of esters is 1. The summed E-state index contributed by atoms with van der Waals surface area (Å²) in [5, 5.41) is 0. The zero-order chi connectivity index (χ0) is 19.1. The molecule has 0 amide bonds. The van der Waals surface area contributed by atoms with E-state index in [1.807, 2.05) is 12.1 Å². The zero-order valence-corrected chi connectivity index (χ0v) is 16.0. The van der Waals surface area contributed by atoms with Gasteiger partial charge in [-0.2, -0.15) is 0 Å². The van der Waals surface area contributed by atoms with Gasteiger partial charge in [-0.25, -0.2) is 4.79 Å². The first kappa shape index (κ1) is 19.0. The standard InChI is InChI=1S/C22H26N2O3/c1-3-27-22(25)17-8-7-9-19(14-17)23-16-18-10-11-20(15-21(18)26-2)24-12-5-4-6-13-24/h7-11,14-16H,3-6,12-13H2,1-2H3. The second-order valence-corrected chi connectivity index (χ2v) is 6.50. The molecule has 0 atom stereocenters. The van der Waals surface area contributed by atoms with Crippen LogP contribution in [0, 0.1) is 0 Å². The number of hydrogen-bond acceptors (Lipinski definition) is 5. The van der Waals surface area contributed by atoms with Gasteiger partial charge >= 0.3 is 5.97 Å². The molecule has 0 radical (unpaired) electrons. The van der Waals surface area contributed by atoms with Gasteiger partial charge in [0.15, 0.2) is 0 Å². The fourth-order valence-electron chi connectivity index (χ4n) is 3.23. The molecule has 142 valence electrons. The Morgan fingerprint density at radius 3 is 2.70 bits per heavy atom. The van der Waals surface area contributed by atoms with E-state index in [9.17, 15) is 4.79 Å². The van der Waals surface area contributed by atoms with Crippen LogP contribution in [0.5, 0.6) is 5.75 Å². The lowest BCUT2D eigenvalue weighted by atomic mass is 10.1. The first-order chi connectivity index (χ1) is 13.2. The summed E-state index contributed by atoms with van der Waals surface area (Å²) in [6.45, 7) is 4.33. The molecule has 1 fully saturated rings. The highest BCUT2D eigenvalue weighted by molar-refractivity contribution is 5.91. The maximum atomic E-state index is 11.9. The van der Waals surface area contributed by atoms with Crippen molar-refractivity contribution in [1.82, 2.24) is 0 Å². The molecule has 5 heteroatoms. The van der Waals surface area contributed by atoms with E-state index in [1.54, 1.807) is 38.4 Å². The van der Waals surface area contributed by atoms with Gasteiger partial charge in [-0.3, -0.25) is 4.99 Å². The number of nitrogens with zero attached hydrogens (tertiary/aromatic N) is 2. The molecule has 0 aliphatic carbocycles. The summed E-state index contributed by atoms with van der Waals surface area (Å²) in [5.41, 5.74) is 3.29. The zero-order valence-electron chi connectivity index (χ0n) is 16.0. The minimum Gasteiger partial charge on any atom is -0.496 e. The molecule has 1 aliphatic rings. The molecule has 1 saturated heterocycles. The summed E-state index contributed by atoms with van der Waals surface area (Å²) in [6.07, 6.45) is 5.55. The molecule has 1 heterocycles. The maximum absolute atomic E-state index is 11.9. The van der Waals surface area contributed by atoms with Gasteiger partial charge in [0.05, 0.1) is 25.0 Å². The number of piperidine rings is 1. The van der Waals surface area contributed by atoms with Gasteiger partial charge in [0, 0.05) is 36.6 Å². The second kappa shape index (κ2) is 9.21. The third-order valence-electron chi connectivity index (χ3n) is 4.65. The third kappa shape index (κ3) is 4.88. The Labute approximate surface area is 160 Å². The van der Waals surface area contributed by atoms with Crippen molar-refractivity contribution in [2.45, 2.75) is 26.2 Å². The summed E-state index contributed by atoms with van der Waals surface area (Å²) in [5.74, 6) is 0.460. The first-order valence-electron chi connectivity index (χ1n) is 9.45. The van der Waals surface area contributed by atoms with Gasteiger partial charge < -0.3 is 14.4 Å². The lowest BCUT2D eigenvalue weighted by molar-refractivity contribution is 0.0526. The molecule has 0 unspecified atom stereocenters. The van der Waals surface area contributed by atoms with Crippen molar-refractivity contribution in [3.63, 3.8) is 0 Å². The highest BCUT2D eigenvalue weighted by Gasteiger charge is 2.13. The Balaban J connectivity index is 1.78. The van der Waals surface area contributed by atoms with Crippen LogP contribution in [-0.2, 0) is 4.74 Å². The van der Waals surface area contributed by atoms with Crippen LogP contribution in [0.25, 0.3) is 0 Å². The molecule has 2 aromatic carbocycles. The van der Waals surface area contributed by atoms with E-state index in [2.05, 4.69) is 22.0 Å². The van der Waals surface area contributed by atoms with Crippen molar-refractivity contribution in [2.75, 3.05) is 31.7 Å². The van der Waals surface area contributed by atoms with Gasteiger partial charge in [0.25, 0.3) is 0 Å². The van der Waals surface area contributed by atoms with Crippen molar-refractivity contribution >= 4 is 23.6 Å². The van der Waals surface area contributed by atoms with Crippen LogP contribution in [-0.4, -0.2) is 39.0 Å². The second-order valence-electron chi connectivity index (χ2n) is 6.50. The number of benzene rings is 2. The lowest BCUT2D eigenvalue weighted by Crippen LogP contribution is -2.29. The maximum Gasteiger partial charge on any atom is 0.338 e. The normalized spacial score (nSPS) is 14.4. The highest BCUT2D eigenvalue weighted by atomic mass is 16.5. The predicted molar refractivity (Wildman–Crippen MR) is 109 cm³/mol. The van der Waals surface area contributed by atoms with Crippen LogP contribution in [0.15, 0.2) is 47.5 Å². The average molecular weight is 366 g/mol. The van der Waals surface area contributed by atoms with E-state index in [4.69, 9.17) is 9.47 Å². The van der Waals surface area contributed by atoms with Gasteiger partial charge in [0.2, 0.25) is 0 Å². The van der Waals surface area contributed by atoms with Crippen LogP contribution in [0.3, 0.4) is 0 Å². The van der Waals surface area contributed by atoms with Crippen LogP contribution in [0.4, 0.5) is 11.4 Å². The van der Waals surface area contributed by atoms with Crippen molar-refractivity contribution in [3.05, 3.63) is 53.6 Å². The van der Waals surface area contributed by atoms with Crippen LogP contribution < -0.4 is 9.64 Å². The Kier molecular flexibility index (Phi) is 6.47. The molecular weight excluding hydrogens is 340 g/mol. The number of carbonyl (C=O) groups excluding carboxylic acids is 1. The van der Waals surface area contributed by atoms with Crippen LogP contribution in [0.2, 0.25) is 0 Å². The number of rotatable bonds is 6. The van der Waals surface area contributed by atoms with Crippen molar-refractivity contribution in [2.24, 2.45) is 4.99 Å². The average Bonchev–Trinajstić information content (AvgIpc) is 2.73. The first-order valence-corrected chi connectivity index (χ1v) is 9.45. The molecule has 0 bridgehead atoms. The van der Waals surface area contributed by atoms with E-state index >= 15 is 0 Å². The number of aliphatic imine (C=N–C) groups is 1. The Morgan fingerprint density at radius 1 is 1.15 bits per heavy atom. The Hall–Kier alpha value is -2.82.